The van der Waals surface area contributed by atoms with Gasteiger partial charge in [0.25, 0.3) is 5.91 Å². The molecule has 6 nitrogen and oxygen atoms in total. The highest BCUT2D eigenvalue weighted by Gasteiger charge is 2.29. The molecule has 0 radical (unpaired) electrons. The van der Waals surface area contributed by atoms with Gasteiger partial charge in [0.1, 0.15) is 0 Å². The number of carboxylic acid groups (broad SMARTS) is 1. The van der Waals surface area contributed by atoms with Crippen LogP contribution < -0.4 is 5.32 Å². The summed E-state index contributed by atoms with van der Waals surface area (Å²) < 4.78 is 0. The Morgan fingerprint density at radius 2 is 2.14 bits per heavy atom. The van der Waals surface area contributed by atoms with Gasteiger partial charge in [-0.25, -0.2) is 0 Å². The first-order chi connectivity index (χ1) is 10.1. The molecule has 0 aromatic heterocycles. The molecule has 2 atom stereocenters. The number of hydrogen-bond acceptors (Lipinski definition) is 4. The molecule has 2 rings (SSSR count). The first-order valence-corrected chi connectivity index (χ1v) is 6.86. The van der Waals surface area contributed by atoms with E-state index in [1.165, 1.54) is 0 Å². The largest absolute Gasteiger partial charge is 0.481 e. The fourth-order valence-corrected chi connectivity index (χ4v) is 2.07. The summed E-state index contributed by atoms with van der Waals surface area (Å²) in [5.41, 5.74) is 1.68. The second-order valence-corrected chi connectivity index (χ2v) is 5.04. The number of carboxylic acids is 1. The highest BCUT2D eigenvalue weighted by molar-refractivity contribution is 6.04. The average molecular weight is 290 g/mol. The number of benzene rings is 1. The van der Waals surface area contributed by atoms with E-state index in [9.17, 15) is 9.59 Å². The Kier molecular flexibility index (Phi) is 4.92. The molecule has 1 aliphatic heterocycles. The van der Waals surface area contributed by atoms with Gasteiger partial charge in [-0.05, 0) is 18.9 Å². The number of carbonyl (C=O) groups is 2. The summed E-state index contributed by atoms with van der Waals surface area (Å²) >= 11 is 0. The molecule has 0 spiro atoms. The van der Waals surface area contributed by atoms with E-state index < -0.39 is 12.1 Å². The number of carbonyl (C=O) groups excluding carboxylic acids is 1. The third kappa shape index (κ3) is 4.30. The minimum atomic E-state index is -0.872. The van der Waals surface area contributed by atoms with E-state index in [-0.39, 0.29) is 18.4 Å². The number of nitrogens with zero attached hydrogens (tertiary/aromatic N) is 1. The normalized spacial score (nSPS) is 18.5. The standard InChI is InChI=1S/C15H18N2O4/c1-10(7-8-14(18)19)16-15(20)13-9-12(17-21-13)11-5-3-2-4-6-11/h2-6,10,13H,7-9H2,1H3,(H,16,20)(H,18,19). The van der Waals surface area contributed by atoms with Crippen molar-refractivity contribution in [1.29, 1.82) is 0 Å². The highest BCUT2D eigenvalue weighted by atomic mass is 16.6. The zero-order valence-corrected chi connectivity index (χ0v) is 11.8. The first-order valence-electron chi connectivity index (χ1n) is 6.86. The first kappa shape index (κ1) is 15.0. The zero-order chi connectivity index (χ0) is 15.2. The van der Waals surface area contributed by atoms with E-state index in [1.807, 2.05) is 30.3 Å². The molecule has 1 heterocycles. The summed E-state index contributed by atoms with van der Waals surface area (Å²) in [6, 6.07) is 9.33. The van der Waals surface area contributed by atoms with Crippen LogP contribution in [0.4, 0.5) is 0 Å². The average Bonchev–Trinajstić information content (AvgIpc) is 2.96. The van der Waals surface area contributed by atoms with Gasteiger partial charge in [-0.2, -0.15) is 0 Å². The summed E-state index contributed by atoms with van der Waals surface area (Å²) in [4.78, 5) is 27.7. The van der Waals surface area contributed by atoms with Gasteiger partial charge in [0, 0.05) is 18.9 Å². The summed E-state index contributed by atoms with van der Waals surface area (Å²) in [6.07, 6.45) is 0.188. The maximum absolute atomic E-state index is 12.0. The maximum Gasteiger partial charge on any atom is 0.303 e. The van der Waals surface area contributed by atoms with Crippen molar-refractivity contribution < 1.29 is 19.5 Å². The molecule has 1 aromatic carbocycles. The van der Waals surface area contributed by atoms with Gasteiger partial charge in [0.15, 0.2) is 0 Å². The Balaban J connectivity index is 1.82. The van der Waals surface area contributed by atoms with Crippen LogP contribution in [0.2, 0.25) is 0 Å². The molecule has 2 N–H and O–H groups in total. The minimum absolute atomic E-state index is 0.0265. The maximum atomic E-state index is 12.0. The molecule has 0 saturated heterocycles. The van der Waals surface area contributed by atoms with Crippen LogP contribution in [0.5, 0.6) is 0 Å². The molecule has 2 unspecified atom stereocenters. The number of aliphatic carboxylic acids is 1. The Hall–Kier alpha value is -2.37. The van der Waals surface area contributed by atoms with Crippen molar-refractivity contribution in [1.82, 2.24) is 5.32 Å². The second-order valence-electron chi connectivity index (χ2n) is 5.04. The molecular weight excluding hydrogens is 272 g/mol. The molecule has 112 valence electrons. The molecular formula is C15H18N2O4. The van der Waals surface area contributed by atoms with E-state index in [4.69, 9.17) is 9.94 Å². The Morgan fingerprint density at radius 3 is 2.81 bits per heavy atom. The lowest BCUT2D eigenvalue weighted by Crippen LogP contribution is -2.40. The predicted octanol–water partition coefficient (Wildman–Crippen LogP) is 1.55. The summed E-state index contributed by atoms with van der Waals surface area (Å²) in [6.45, 7) is 1.77. The molecule has 0 aliphatic carbocycles. The Morgan fingerprint density at radius 1 is 1.43 bits per heavy atom. The van der Waals surface area contributed by atoms with Crippen LogP contribution in [0, 0.1) is 0 Å². The van der Waals surface area contributed by atoms with E-state index in [0.717, 1.165) is 11.3 Å². The number of nitrogens with one attached hydrogen (secondary N) is 1. The van der Waals surface area contributed by atoms with E-state index in [0.29, 0.717) is 12.8 Å². The van der Waals surface area contributed by atoms with Gasteiger partial charge in [0.2, 0.25) is 6.10 Å². The van der Waals surface area contributed by atoms with Crippen molar-refractivity contribution in [2.75, 3.05) is 0 Å². The molecule has 0 bridgehead atoms. The van der Waals surface area contributed by atoms with Crippen LogP contribution in [0.3, 0.4) is 0 Å². The topological polar surface area (TPSA) is 88.0 Å². The molecule has 21 heavy (non-hydrogen) atoms. The van der Waals surface area contributed by atoms with Crippen LogP contribution >= 0.6 is 0 Å². The summed E-state index contributed by atoms with van der Waals surface area (Å²) in [5.74, 6) is -1.13. The van der Waals surface area contributed by atoms with Crippen molar-refractivity contribution in [3.05, 3.63) is 35.9 Å². The Labute approximate surface area is 122 Å². The van der Waals surface area contributed by atoms with Gasteiger partial charge < -0.3 is 15.3 Å². The lowest BCUT2D eigenvalue weighted by molar-refractivity contribution is -0.138. The van der Waals surface area contributed by atoms with Crippen LogP contribution in [0.15, 0.2) is 35.5 Å². The van der Waals surface area contributed by atoms with Crippen molar-refractivity contribution in [2.24, 2.45) is 5.16 Å². The SMILES string of the molecule is CC(CCC(=O)O)NC(=O)C1CC(c2ccccc2)=NO1. The number of rotatable bonds is 6. The van der Waals surface area contributed by atoms with Crippen LogP contribution in [0.1, 0.15) is 31.7 Å². The van der Waals surface area contributed by atoms with Crippen LogP contribution in [-0.4, -0.2) is 34.8 Å². The van der Waals surface area contributed by atoms with Gasteiger partial charge in [-0.3, -0.25) is 9.59 Å². The monoisotopic (exact) mass is 290 g/mol. The van der Waals surface area contributed by atoms with E-state index in [1.54, 1.807) is 6.92 Å². The molecule has 1 aromatic rings. The van der Waals surface area contributed by atoms with Gasteiger partial charge in [-0.15, -0.1) is 0 Å². The third-order valence-electron chi connectivity index (χ3n) is 3.25. The molecule has 0 fully saturated rings. The lowest BCUT2D eigenvalue weighted by atomic mass is 10.0. The van der Waals surface area contributed by atoms with Crippen molar-refractivity contribution in [3.63, 3.8) is 0 Å². The molecule has 1 aliphatic rings. The molecule has 0 saturated carbocycles. The predicted molar refractivity (Wildman–Crippen MR) is 76.9 cm³/mol. The summed E-state index contributed by atoms with van der Waals surface area (Å²) in [5, 5.41) is 15.3. The van der Waals surface area contributed by atoms with Crippen LogP contribution in [-0.2, 0) is 14.4 Å². The van der Waals surface area contributed by atoms with Gasteiger partial charge in [0.05, 0.1) is 5.71 Å². The Bertz CT molecular complexity index is 542. The number of hydrogen-bond donors (Lipinski definition) is 2. The summed E-state index contributed by atoms with van der Waals surface area (Å²) in [7, 11) is 0. The highest BCUT2D eigenvalue weighted by Crippen LogP contribution is 2.17. The molecule has 6 heteroatoms. The van der Waals surface area contributed by atoms with Crippen molar-refractivity contribution in [3.8, 4) is 0 Å². The van der Waals surface area contributed by atoms with Gasteiger partial charge >= 0.3 is 5.97 Å². The van der Waals surface area contributed by atoms with Crippen LogP contribution in [0.25, 0.3) is 0 Å². The number of amides is 1. The zero-order valence-electron chi connectivity index (χ0n) is 11.8. The van der Waals surface area contributed by atoms with Gasteiger partial charge in [-0.1, -0.05) is 35.5 Å². The smallest absolute Gasteiger partial charge is 0.303 e. The fourth-order valence-electron chi connectivity index (χ4n) is 2.07. The van der Waals surface area contributed by atoms with Crippen molar-refractivity contribution in [2.45, 2.75) is 38.3 Å². The van der Waals surface area contributed by atoms with Crippen molar-refractivity contribution >= 4 is 17.6 Å². The lowest BCUT2D eigenvalue weighted by Gasteiger charge is -2.15. The van der Waals surface area contributed by atoms with E-state index in [2.05, 4.69) is 10.5 Å². The minimum Gasteiger partial charge on any atom is -0.481 e. The third-order valence-corrected chi connectivity index (χ3v) is 3.25. The number of oxime groups is 1. The second kappa shape index (κ2) is 6.88. The molecule has 1 amide bonds. The fraction of sp³-hybridized carbons (Fsp3) is 0.400. The van der Waals surface area contributed by atoms with E-state index >= 15 is 0 Å². The quantitative estimate of drug-likeness (QED) is 0.832.